The second kappa shape index (κ2) is 13.4. The van der Waals surface area contributed by atoms with Crippen LogP contribution in [0.3, 0.4) is 0 Å². The predicted octanol–water partition coefficient (Wildman–Crippen LogP) is 2.27. The zero-order valence-electron chi connectivity index (χ0n) is 30.6. The van der Waals surface area contributed by atoms with Gasteiger partial charge in [0, 0.05) is 19.6 Å². The number of aliphatic hydroxyl groups excluding tert-OH is 5. The van der Waals surface area contributed by atoms with E-state index in [0.717, 1.165) is 44.1 Å². The van der Waals surface area contributed by atoms with Crippen molar-refractivity contribution in [3.8, 4) is 0 Å². The third-order valence-electron chi connectivity index (χ3n) is 15.9. The third kappa shape index (κ3) is 5.68. The number of rotatable bonds is 5. The van der Waals surface area contributed by atoms with Crippen molar-refractivity contribution in [2.24, 2.45) is 52.3 Å². The van der Waals surface area contributed by atoms with Gasteiger partial charge in [0.25, 0.3) is 0 Å². The van der Waals surface area contributed by atoms with E-state index in [1.165, 1.54) is 45.6 Å². The maximum absolute atomic E-state index is 11.4. The van der Waals surface area contributed by atoms with Crippen molar-refractivity contribution in [3.63, 3.8) is 0 Å². The maximum Gasteiger partial charge on any atom is 0.189 e. The Morgan fingerprint density at radius 1 is 0.740 bits per heavy atom. The van der Waals surface area contributed by atoms with Crippen LogP contribution in [0.25, 0.3) is 0 Å². The molecule has 50 heavy (non-hydrogen) atoms. The molecule has 1 spiro atoms. The first-order valence-corrected chi connectivity index (χ1v) is 19.7. The Morgan fingerprint density at radius 2 is 1.50 bits per heavy atom. The molecule has 8 rings (SSSR count). The van der Waals surface area contributed by atoms with Crippen LogP contribution in [0.4, 0.5) is 0 Å². The standard InChI is InChI=1S/C38H63NO11/c1-18-8-13-38(39-16-18)19(2)27-26(50-38)15-24-22-7-6-20-14-21(9-11-36(20,3)23(22)10-12-37(24,27)4)47-35-31(44)32(30(43)33(45-5)49-35)48-34-29(42)28(41)25(40)17-46-34/h18-35,39-44H,6-17H2,1-5H3/t18-,19+,20+,21+,22-,23+,24+,25-,26+,27+,28+,29-,30-,31-,32+,33+,34+,35-,36+,37+,38-/m1/s1. The summed E-state index contributed by atoms with van der Waals surface area (Å²) < 4.78 is 36.1. The van der Waals surface area contributed by atoms with Crippen molar-refractivity contribution in [2.75, 3.05) is 20.3 Å². The fraction of sp³-hybridized carbons (Fsp3) is 1.00. The van der Waals surface area contributed by atoms with Crippen molar-refractivity contribution in [3.05, 3.63) is 0 Å². The van der Waals surface area contributed by atoms with Gasteiger partial charge in [-0.2, -0.15) is 0 Å². The van der Waals surface area contributed by atoms with Crippen molar-refractivity contribution in [2.45, 2.75) is 165 Å². The van der Waals surface area contributed by atoms with Crippen LogP contribution in [0.5, 0.6) is 0 Å². The number of aliphatic hydroxyl groups is 5. The lowest BCUT2D eigenvalue weighted by Crippen LogP contribution is -2.63. The SMILES string of the molecule is CO[C@H]1O[C@@H](O[C@H]2CC[C@@]3(C)[C@@H](CC[C@@H]4[C@@H]3CC[C@]3(C)[C@@H]5[C@H](C[C@@H]43)O[C@]3(CC[C@@H](C)CN3)[C@H]5C)C2)[C@H](O)[C@@H](O[C@@H]2OC[C@@H](O)[C@H](O)[C@H]2O)[C@H]1O. The summed E-state index contributed by atoms with van der Waals surface area (Å²) in [7, 11) is 1.39. The number of fused-ring (bicyclic) bond motifs is 7. The Hall–Kier alpha value is -0.480. The van der Waals surface area contributed by atoms with Crippen molar-refractivity contribution < 1.29 is 54.0 Å². The third-order valence-corrected chi connectivity index (χ3v) is 15.9. The number of ether oxygens (including phenoxy) is 6. The summed E-state index contributed by atoms with van der Waals surface area (Å²) in [4.78, 5) is 0. The second-order valence-electron chi connectivity index (χ2n) is 18.3. The molecule has 0 aromatic carbocycles. The van der Waals surface area contributed by atoms with E-state index in [9.17, 15) is 25.5 Å². The highest BCUT2D eigenvalue weighted by Crippen LogP contribution is 2.71. The van der Waals surface area contributed by atoms with Crippen LogP contribution in [0.1, 0.15) is 91.9 Å². The molecule has 0 amide bonds. The minimum atomic E-state index is -1.57. The average molecular weight is 710 g/mol. The second-order valence-corrected chi connectivity index (χ2v) is 18.3. The molecule has 0 unspecified atom stereocenters. The smallest absolute Gasteiger partial charge is 0.189 e. The highest BCUT2D eigenvalue weighted by Gasteiger charge is 2.68. The van der Waals surface area contributed by atoms with Gasteiger partial charge in [-0.15, -0.1) is 0 Å². The molecular weight excluding hydrogens is 646 g/mol. The molecule has 4 saturated heterocycles. The molecule has 8 aliphatic rings. The summed E-state index contributed by atoms with van der Waals surface area (Å²) in [6, 6.07) is 0. The van der Waals surface area contributed by atoms with Crippen LogP contribution in [-0.2, 0) is 28.4 Å². The average Bonchev–Trinajstić information content (AvgIpc) is 3.54. The Balaban J connectivity index is 0.916. The zero-order chi connectivity index (χ0) is 35.3. The zero-order valence-corrected chi connectivity index (χ0v) is 30.6. The van der Waals surface area contributed by atoms with Gasteiger partial charge in [0.1, 0.15) is 42.3 Å². The van der Waals surface area contributed by atoms with Gasteiger partial charge in [-0.25, -0.2) is 0 Å². The van der Waals surface area contributed by atoms with Gasteiger partial charge < -0.3 is 54.0 Å². The van der Waals surface area contributed by atoms with Gasteiger partial charge in [-0.1, -0.05) is 27.7 Å². The summed E-state index contributed by atoms with van der Waals surface area (Å²) in [5, 5.41) is 56.6. The molecule has 12 heteroatoms. The van der Waals surface area contributed by atoms with Gasteiger partial charge in [0.2, 0.25) is 0 Å². The van der Waals surface area contributed by atoms with Gasteiger partial charge in [-0.05, 0) is 111 Å². The van der Waals surface area contributed by atoms with E-state index >= 15 is 0 Å². The van der Waals surface area contributed by atoms with Crippen LogP contribution in [-0.4, -0.2) is 119 Å². The van der Waals surface area contributed by atoms with E-state index in [0.29, 0.717) is 41.1 Å². The topological polar surface area (TPSA) is 169 Å². The molecule has 0 bridgehead atoms. The summed E-state index contributed by atoms with van der Waals surface area (Å²) in [6.07, 6.45) is -0.505. The van der Waals surface area contributed by atoms with Gasteiger partial charge in [0.15, 0.2) is 18.9 Å². The van der Waals surface area contributed by atoms with Crippen LogP contribution in [0.15, 0.2) is 0 Å². The number of hydrogen-bond donors (Lipinski definition) is 6. The summed E-state index contributed by atoms with van der Waals surface area (Å²) in [6.45, 7) is 10.8. The van der Waals surface area contributed by atoms with Crippen molar-refractivity contribution in [1.29, 1.82) is 0 Å². The molecular formula is C38H63NO11. The molecule has 8 fully saturated rings. The van der Waals surface area contributed by atoms with Crippen LogP contribution in [0.2, 0.25) is 0 Å². The van der Waals surface area contributed by atoms with E-state index in [4.69, 9.17) is 28.4 Å². The highest BCUT2D eigenvalue weighted by molar-refractivity contribution is 5.16. The van der Waals surface area contributed by atoms with Crippen LogP contribution >= 0.6 is 0 Å². The van der Waals surface area contributed by atoms with Crippen molar-refractivity contribution in [1.82, 2.24) is 5.32 Å². The Bertz CT molecular complexity index is 1220. The first-order chi connectivity index (χ1) is 23.8. The summed E-state index contributed by atoms with van der Waals surface area (Å²) >= 11 is 0. The molecule has 286 valence electrons. The fourth-order valence-electron chi connectivity index (χ4n) is 13.1. The molecule has 0 radical (unpaired) electrons. The lowest BCUT2D eigenvalue weighted by Gasteiger charge is -2.61. The summed E-state index contributed by atoms with van der Waals surface area (Å²) in [5.74, 6) is 4.51. The molecule has 4 saturated carbocycles. The normalized spacial score (nSPS) is 59.4. The van der Waals surface area contributed by atoms with E-state index in [1.807, 2.05) is 0 Å². The molecule has 0 aromatic rings. The van der Waals surface area contributed by atoms with Crippen LogP contribution in [0, 0.1) is 52.3 Å². The quantitative estimate of drug-likeness (QED) is 0.231. The van der Waals surface area contributed by atoms with E-state index in [-0.39, 0.29) is 23.9 Å². The maximum atomic E-state index is 11.4. The van der Waals surface area contributed by atoms with Gasteiger partial charge >= 0.3 is 0 Å². The largest absolute Gasteiger partial charge is 0.388 e. The number of hydrogen-bond acceptors (Lipinski definition) is 12. The molecule has 4 aliphatic heterocycles. The fourth-order valence-corrected chi connectivity index (χ4v) is 13.1. The molecule has 4 aliphatic carbocycles. The number of piperidine rings is 1. The highest BCUT2D eigenvalue weighted by atomic mass is 16.8. The number of nitrogens with one attached hydrogen (secondary N) is 1. The summed E-state index contributed by atoms with van der Waals surface area (Å²) in [5.41, 5.74) is 0.434. The first-order valence-electron chi connectivity index (χ1n) is 19.7. The Morgan fingerprint density at radius 3 is 2.24 bits per heavy atom. The van der Waals surface area contributed by atoms with Gasteiger partial charge in [0.05, 0.1) is 18.8 Å². The Labute approximate surface area is 296 Å². The molecule has 0 aromatic heterocycles. The Kier molecular flexibility index (Phi) is 9.76. The van der Waals surface area contributed by atoms with E-state index in [2.05, 4.69) is 33.0 Å². The van der Waals surface area contributed by atoms with Crippen LogP contribution < -0.4 is 5.32 Å². The lowest BCUT2D eigenvalue weighted by atomic mass is 9.44. The predicted molar refractivity (Wildman–Crippen MR) is 179 cm³/mol. The van der Waals surface area contributed by atoms with E-state index in [1.54, 1.807) is 0 Å². The van der Waals surface area contributed by atoms with E-state index < -0.39 is 55.5 Å². The van der Waals surface area contributed by atoms with Crippen molar-refractivity contribution >= 4 is 0 Å². The molecule has 4 heterocycles. The first kappa shape index (κ1) is 36.5. The lowest BCUT2D eigenvalue weighted by molar-refractivity contribution is -0.382. The molecule has 6 N–H and O–H groups in total. The molecule has 21 atom stereocenters. The minimum absolute atomic E-state index is 0.130. The monoisotopic (exact) mass is 709 g/mol. The minimum Gasteiger partial charge on any atom is -0.388 e. The molecule has 12 nitrogen and oxygen atoms in total. The number of methoxy groups -OCH3 is 1. The van der Waals surface area contributed by atoms with Gasteiger partial charge in [-0.3, -0.25) is 5.32 Å².